The number of aryl methyl sites for hydroxylation is 2. The Morgan fingerprint density at radius 3 is 1.33 bits per heavy atom. The lowest BCUT2D eigenvalue weighted by atomic mass is 9.84. The van der Waals surface area contributed by atoms with E-state index in [4.69, 9.17) is 34.2 Å². The second-order valence-corrected chi connectivity index (χ2v) is 32.9. The number of primary amides is 1. The first-order valence-electron chi connectivity index (χ1n) is 40.5. The Labute approximate surface area is 720 Å². The van der Waals surface area contributed by atoms with Gasteiger partial charge in [0.15, 0.2) is 0 Å². The van der Waals surface area contributed by atoms with Gasteiger partial charge in [0.25, 0.3) is 17.7 Å². The minimum Gasteiger partial charge on any atom is -0.505 e. The minimum absolute atomic E-state index is 0.00354. The molecule has 0 aliphatic heterocycles. The molecule has 0 spiro atoms. The van der Waals surface area contributed by atoms with Crippen LogP contribution >= 0.6 is 0 Å². The number of carbonyl (C=O) groups is 9. The molecule has 0 aliphatic rings. The predicted octanol–water partition coefficient (Wildman–Crippen LogP) is 12.4. The molecule has 0 radical (unpaired) electrons. The normalized spacial score (nSPS) is 11.7. The van der Waals surface area contributed by atoms with Crippen LogP contribution in [0.1, 0.15) is 161 Å². The Morgan fingerprint density at radius 2 is 0.865 bits per heavy atom. The Kier molecular flexibility index (Phi) is 24.2. The summed E-state index contributed by atoms with van der Waals surface area (Å²) < 4.78 is 45.8. The molecule has 126 heavy (non-hydrogen) atoms. The summed E-state index contributed by atoms with van der Waals surface area (Å²) in [7, 11) is 0. The summed E-state index contributed by atoms with van der Waals surface area (Å²) in [5, 5.41) is 48.4. The summed E-state index contributed by atoms with van der Waals surface area (Å²) in [5.74, 6) is -2.18. The van der Waals surface area contributed by atoms with Crippen molar-refractivity contribution < 1.29 is 92.0 Å². The third-order valence-corrected chi connectivity index (χ3v) is 20.2. The number of esters is 5. The number of fused-ring (bicyclic) bond motifs is 16. The molecule has 0 bridgehead atoms. The summed E-state index contributed by atoms with van der Waals surface area (Å²) in [4.78, 5) is 116. The van der Waals surface area contributed by atoms with E-state index >= 15 is 0 Å². The highest BCUT2D eigenvalue weighted by Gasteiger charge is 2.34. The number of phenols is 4. The van der Waals surface area contributed by atoms with Gasteiger partial charge in [-0.3, -0.25) is 24.0 Å². The first-order valence-corrected chi connectivity index (χ1v) is 40.5. The van der Waals surface area contributed by atoms with Gasteiger partial charge in [0.05, 0.1) is 0 Å². The number of nitrogens with two attached hydrogens (primary N) is 1. The summed E-state index contributed by atoms with van der Waals surface area (Å²) in [6.07, 6.45) is 0.519. The third kappa shape index (κ3) is 17.9. The number of hydrogen-bond donors (Lipinski definition) is 7. The molecular weight excluding hydrogens is 1620 g/mol. The second-order valence-electron chi connectivity index (χ2n) is 32.9. The number of amides is 4. The Morgan fingerprint density at radius 1 is 0.452 bits per heavy atom. The number of nitrogens with one attached hydrogen (secondary N) is 2. The second kappa shape index (κ2) is 34.5. The average Bonchev–Trinajstić information content (AvgIpc) is 1.53. The standard InChI is InChI=1S/C26H30N4O6.C22H24N4O5.C22H24N4O4.C21H22N4O4/c1-15(2)25(34)36-11-10-35-22(31)9-6-16-12-18(26(3,4)5)23(32)21(13-16)30-28-19-8-7-17(24(27)33)14-20(19)29(28)30;1-13(2)22(29)31-10-9-30-16-6-8-18(20(27)12-16)25-24-17-7-5-15(11-19(17)26(24)25)21(28)23-14(3)4;1-12(2)21(29)30-19-11-18(27)17(9-13(19)3)26-24-15-8-7-14(10-16(15)25(24)26)20(28)23-22(4,5)6;1-5-22(6-2)20(27)14-7-9-16-18(11-14)25-23(16)24(25)17-10-8-15(12-19(17)26)29-21(28)13(3)4/h7-8,12-14,32H,1,6,9-11H2,2-5H3,(H2,27,33);5-8,11-12,14,27H,1,9-10H2,2-4H3,(H,23,28);7-11,27H,1H2,2-6H3,(H,23,28);7-12,26H,3,5-6H2,1-2,4H3. The van der Waals surface area contributed by atoms with Crippen molar-refractivity contribution in [3.05, 3.63) is 221 Å². The van der Waals surface area contributed by atoms with Gasteiger partial charge in [-0.2, -0.15) is 0 Å². The highest BCUT2D eigenvalue weighted by molar-refractivity contribution is 6.01. The molecule has 8 aromatic carbocycles. The van der Waals surface area contributed by atoms with Crippen LogP contribution in [-0.4, -0.2) is 186 Å². The summed E-state index contributed by atoms with van der Waals surface area (Å²) in [5.41, 5.74) is 19.7. The maximum atomic E-state index is 12.6. The summed E-state index contributed by atoms with van der Waals surface area (Å²) in [6.45, 7) is 43.2. The Hall–Kier alpha value is -15.5. The van der Waals surface area contributed by atoms with Crippen molar-refractivity contribution in [1.29, 1.82) is 0 Å². The van der Waals surface area contributed by atoms with Gasteiger partial charge < -0.3 is 70.1 Å². The smallest absolute Gasteiger partial charge is 0.338 e. The van der Waals surface area contributed by atoms with Crippen molar-refractivity contribution in [2.24, 2.45) is 5.73 Å². The quantitative estimate of drug-likeness (QED) is 0.00826. The minimum atomic E-state index is -0.547. The number of hydrogen-bond acceptors (Lipinski definition) is 19. The highest BCUT2D eigenvalue weighted by Crippen LogP contribution is 2.42. The highest BCUT2D eigenvalue weighted by atomic mass is 16.6. The van der Waals surface area contributed by atoms with E-state index < -0.39 is 35.8 Å². The van der Waals surface area contributed by atoms with Crippen LogP contribution in [0.4, 0.5) is 0 Å². The monoisotopic (exact) mass is 1720 g/mol. The van der Waals surface area contributed by atoms with Gasteiger partial charge in [-0.25, -0.2) is 19.2 Å². The van der Waals surface area contributed by atoms with Crippen LogP contribution in [-0.2, 0) is 50.0 Å². The number of phenolic OH excluding ortho intramolecular Hbond substituents is 4. The van der Waals surface area contributed by atoms with E-state index in [2.05, 4.69) is 36.9 Å². The van der Waals surface area contributed by atoms with Gasteiger partial charge in [-0.05, 0) is 215 Å². The molecule has 0 aliphatic carbocycles. The molecule has 8 heterocycles. The summed E-state index contributed by atoms with van der Waals surface area (Å²) >= 11 is 0. The van der Waals surface area contributed by atoms with Crippen molar-refractivity contribution >= 4 is 97.6 Å². The number of carbonyl (C=O) groups excluding carboxylic acids is 9. The molecule has 0 atom stereocenters. The molecule has 16 rings (SSSR count). The molecule has 0 unspecified atom stereocenters. The molecule has 35 heteroatoms. The van der Waals surface area contributed by atoms with Crippen LogP contribution in [0.5, 0.6) is 40.2 Å². The van der Waals surface area contributed by atoms with Gasteiger partial charge in [0.2, 0.25) is 5.91 Å². The molecular formula is C91H100N16O19. The lowest BCUT2D eigenvalue weighted by Gasteiger charge is -2.22. The fourth-order valence-corrected chi connectivity index (χ4v) is 13.7. The van der Waals surface area contributed by atoms with Crippen molar-refractivity contribution in [3.63, 3.8) is 0 Å². The zero-order chi connectivity index (χ0) is 91.5. The van der Waals surface area contributed by atoms with E-state index in [9.17, 15) is 63.6 Å². The van der Waals surface area contributed by atoms with E-state index in [0.29, 0.717) is 81.4 Å². The zero-order valence-corrected chi connectivity index (χ0v) is 72.6. The first kappa shape index (κ1) is 88.3. The number of aromatic hydroxyl groups is 4. The van der Waals surface area contributed by atoms with E-state index in [0.717, 1.165) is 55.3 Å². The van der Waals surface area contributed by atoms with E-state index in [1.165, 1.54) is 18.2 Å². The Balaban J connectivity index is 0.000000144. The summed E-state index contributed by atoms with van der Waals surface area (Å²) in [6, 6.07) is 38.2. The van der Waals surface area contributed by atoms with E-state index in [-0.39, 0.29) is 119 Å². The number of aromatic nitrogens is 12. The molecule has 35 nitrogen and oxygen atoms in total. The largest absolute Gasteiger partial charge is 0.505 e. The van der Waals surface area contributed by atoms with E-state index in [1.807, 2.05) is 161 Å². The van der Waals surface area contributed by atoms with Crippen molar-refractivity contribution in [2.75, 3.05) is 39.5 Å². The molecule has 0 saturated heterocycles. The lowest BCUT2D eigenvalue weighted by Crippen LogP contribution is -2.40. The van der Waals surface area contributed by atoms with Crippen molar-refractivity contribution in [3.8, 4) is 63.0 Å². The fraction of sp³-hybridized carbons (Fsp3) is 0.286. The topological polar surface area (TPSA) is 398 Å². The van der Waals surface area contributed by atoms with E-state index in [1.54, 1.807) is 119 Å². The molecule has 8 aromatic heterocycles. The van der Waals surface area contributed by atoms with Crippen LogP contribution < -0.4 is 30.6 Å². The zero-order valence-electron chi connectivity index (χ0n) is 72.6. The average molecular weight is 1720 g/mol. The van der Waals surface area contributed by atoms with Crippen molar-refractivity contribution in [1.82, 2.24) is 71.8 Å². The van der Waals surface area contributed by atoms with Gasteiger partial charge >= 0.3 is 29.8 Å². The molecule has 658 valence electrons. The number of rotatable bonds is 27. The molecule has 0 fully saturated rings. The van der Waals surface area contributed by atoms with Crippen molar-refractivity contribution in [2.45, 2.75) is 134 Å². The molecule has 4 amide bonds. The first-order chi connectivity index (χ1) is 59.5. The van der Waals surface area contributed by atoms with Gasteiger partial charge in [0.1, 0.15) is 134 Å². The molecule has 8 N–H and O–H groups in total. The maximum absolute atomic E-state index is 12.6. The van der Waals surface area contributed by atoms with Crippen LogP contribution in [0.3, 0.4) is 0 Å². The Bertz CT molecular complexity index is 6950. The van der Waals surface area contributed by atoms with Crippen LogP contribution in [0.15, 0.2) is 182 Å². The number of ether oxygens (including phenoxy) is 6. The van der Waals surface area contributed by atoms with Gasteiger partial charge in [-0.15, -0.1) is 56.2 Å². The fourth-order valence-electron chi connectivity index (χ4n) is 13.7. The number of benzene rings is 8. The van der Waals surface area contributed by atoms with Crippen LogP contribution in [0, 0.1) is 6.92 Å². The predicted molar refractivity (Wildman–Crippen MR) is 468 cm³/mol. The molecule has 0 saturated carbocycles. The van der Waals surface area contributed by atoms with Gasteiger partial charge in [0, 0.05) is 99.4 Å². The lowest BCUT2D eigenvalue weighted by molar-refractivity contribution is -0.150. The molecule has 16 aromatic rings. The SMILES string of the molecule is C=C(C)C(=O)OCCOC(=O)CCc1cc(-n2n3c4ccc(C(N)=O)cc4n23)c(O)c(C(C)(C)C)c1.C=C(C)C(=O)OCCOc1ccc(-n2n3c4ccc(C(=O)NC(C)C)cc4n23)c(O)c1.C=C(C)C(=O)Oc1cc(O)c(-n2n3c4ccc(C(=O)NC(C)(C)C)cc4n23)cc1C.C=C(C)C(=O)Oc1ccc(-n2n3c4ccc(C(=O)N(CC)CC)cc4n23)c(O)c1. The third-order valence-electron chi connectivity index (χ3n) is 20.2. The van der Waals surface area contributed by atoms with Crippen LogP contribution in [0.25, 0.3) is 66.9 Å². The van der Waals surface area contributed by atoms with Crippen LogP contribution in [0.2, 0.25) is 0 Å². The van der Waals surface area contributed by atoms with Gasteiger partial charge in [-0.1, -0.05) is 53.2 Å². The number of nitrogens with zero attached hydrogens (tertiary/aromatic N) is 13. The maximum Gasteiger partial charge on any atom is 0.338 e.